The lowest BCUT2D eigenvalue weighted by atomic mass is 10.2. The van der Waals surface area contributed by atoms with Gasteiger partial charge in [0, 0.05) is 28.7 Å². The van der Waals surface area contributed by atoms with Crippen LogP contribution in [0.25, 0.3) is 27.8 Å². The van der Waals surface area contributed by atoms with Crippen molar-refractivity contribution < 1.29 is 0 Å². The molecule has 0 saturated heterocycles. The van der Waals surface area contributed by atoms with Crippen molar-refractivity contribution in [2.45, 2.75) is 0 Å². The van der Waals surface area contributed by atoms with Gasteiger partial charge in [-0.2, -0.15) is 5.10 Å². The SMILES string of the molecule is Clc1nnc(-n2cc(-c3ccccn3)cn2)c2ccccc12. The highest BCUT2D eigenvalue weighted by Gasteiger charge is 2.11. The Morgan fingerprint density at radius 2 is 1.73 bits per heavy atom. The van der Waals surface area contributed by atoms with Gasteiger partial charge in [0.15, 0.2) is 11.0 Å². The molecule has 0 bridgehead atoms. The number of benzene rings is 1. The molecule has 0 aliphatic rings. The normalized spacial score (nSPS) is 11.0. The largest absolute Gasteiger partial charge is 0.256 e. The Morgan fingerprint density at radius 1 is 0.909 bits per heavy atom. The molecule has 0 saturated carbocycles. The van der Waals surface area contributed by atoms with Crippen LogP contribution in [-0.2, 0) is 0 Å². The molecule has 0 aliphatic heterocycles. The van der Waals surface area contributed by atoms with E-state index >= 15 is 0 Å². The maximum Gasteiger partial charge on any atom is 0.183 e. The summed E-state index contributed by atoms with van der Waals surface area (Å²) in [6.07, 6.45) is 5.39. The van der Waals surface area contributed by atoms with E-state index in [1.54, 1.807) is 17.1 Å². The van der Waals surface area contributed by atoms with E-state index in [1.807, 2.05) is 48.7 Å². The Labute approximate surface area is 131 Å². The highest BCUT2D eigenvalue weighted by molar-refractivity contribution is 6.34. The first-order chi connectivity index (χ1) is 10.8. The predicted octanol–water partition coefficient (Wildman–Crippen LogP) is 3.53. The fraction of sp³-hybridized carbons (Fsp3) is 0. The first-order valence-corrected chi connectivity index (χ1v) is 7.08. The lowest BCUT2D eigenvalue weighted by Gasteiger charge is -2.05. The monoisotopic (exact) mass is 307 g/mol. The lowest BCUT2D eigenvalue weighted by Crippen LogP contribution is -2.01. The van der Waals surface area contributed by atoms with Crippen LogP contribution in [0.15, 0.2) is 61.1 Å². The van der Waals surface area contributed by atoms with E-state index in [1.165, 1.54) is 0 Å². The fourth-order valence-electron chi connectivity index (χ4n) is 2.33. The van der Waals surface area contributed by atoms with Crippen LogP contribution in [0.3, 0.4) is 0 Å². The maximum absolute atomic E-state index is 6.10. The van der Waals surface area contributed by atoms with E-state index in [2.05, 4.69) is 20.3 Å². The summed E-state index contributed by atoms with van der Waals surface area (Å²) in [4.78, 5) is 4.32. The van der Waals surface area contributed by atoms with Crippen molar-refractivity contribution in [1.82, 2.24) is 25.0 Å². The zero-order valence-corrected chi connectivity index (χ0v) is 12.1. The van der Waals surface area contributed by atoms with Gasteiger partial charge in [0.25, 0.3) is 0 Å². The van der Waals surface area contributed by atoms with Gasteiger partial charge in [0.1, 0.15) is 0 Å². The Kier molecular flexibility index (Phi) is 3.05. The van der Waals surface area contributed by atoms with Crippen molar-refractivity contribution in [2.24, 2.45) is 0 Å². The highest BCUT2D eigenvalue weighted by atomic mass is 35.5. The van der Waals surface area contributed by atoms with Gasteiger partial charge in [0.05, 0.1) is 11.9 Å². The van der Waals surface area contributed by atoms with Crippen LogP contribution in [-0.4, -0.2) is 25.0 Å². The molecule has 3 aromatic heterocycles. The quantitative estimate of drug-likeness (QED) is 0.568. The molecular weight excluding hydrogens is 298 g/mol. The van der Waals surface area contributed by atoms with Gasteiger partial charge >= 0.3 is 0 Å². The number of fused-ring (bicyclic) bond motifs is 1. The van der Waals surface area contributed by atoms with Gasteiger partial charge < -0.3 is 0 Å². The second-order valence-corrected chi connectivity index (χ2v) is 5.11. The molecule has 0 amide bonds. The molecular formula is C16H10ClN5. The topological polar surface area (TPSA) is 56.5 Å². The molecule has 1 aromatic carbocycles. The van der Waals surface area contributed by atoms with Gasteiger partial charge in [-0.3, -0.25) is 4.98 Å². The molecule has 4 aromatic rings. The summed E-state index contributed by atoms with van der Waals surface area (Å²) in [5, 5.41) is 14.7. The van der Waals surface area contributed by atoms with Crippen LogP contribution in [0.2, 0.25) is 5.15 Å². The summed E-state index contributed by atoms with van der Waals surface area (Å²) in [7, 11) is 0. The molecule has 22 heavy (non-hydrogen) atoms. The van der Waals surface area contributed by atoms with Crippen LogP contribution >= 0.6 is 11.6 Å². The number of rotatable bonds is 2. The second kappa shape index (κ2) is 5.20. The number of hydrogen-bond donors (Lipinski definition) is 0. The van der Waals surface area contributed by atoms with E-state index < -0.39 is 0 Å². The third-order valence-corrected chi connectivity index (χ3v) is 3.66. The van der Waals surface area contributed by atoms with Crippen molar-refractivity contribution in [3.8, 4) is 17.1 Å². The van der Waals surface area contributed by atoms with Crippen molar-refractivity contribution in [2.75, 3.05) is 0 Å². The summed E-state index contributed by atoms with van der Waals surface area (Å²) in [5.74, 6) is 0.641. The summed E-state index contributed by atoms with van der Waals surface area (Å²) in [5.41, 5.74) is 1.78. The molecule has 6 heteroatoms. The number of aromatic nitrogens is 5. The molecule has 0 N–H and O–H groups in total. The zero-order chi connectivity index (χ0) is 14.9. The third-order valence-electron chi connectivity index (χ3n) is 3.38. The molecule has 0 radical (unpaired) electrons. The predicted molar refractivity (Wildman–Crippen MR) is 84.9 cm³/mol. The molecule has 0 fully saturated rings. The Morgan fingerprint density at radius 3 is 2.55 bits per heavy atom. The van der Waals surface area contributed by atoms with Crippen LogP contribution in [0.5, 0.6) is 0 Å². The number of pyridine rings is 1. The number of nitrogens with zero attached hydrogens (tertiary/aromatic N) is 5. The first-order valence-electron chi connectivity index (χ1n) is 6.70. The van der Waals surface area contributed by atoms with E-state index in [0.717, 1.165) is 22.0 Å². The average Bonchev–Trinajstić information content (AvgIpc) is 3.06. The maximum atomic E-state index is 6.10. The molecule has 0 aliphatic carbocycles. The molecule has 4 rings (SSSR count). The molecule has 3 heterocycles. The smallest absolute Gasteiger partial charge is 0.183 e. The minimum atomic E-state index is 0.386. The lowest BCUT2D eigenvalue weighted by molar-refractivity contribution is 0.826. The van der Waals surface area contributed by atoms with Gasteiger partial charge in [0.2, 0.25) is 0 Å². The summed E-state index contributed by atoms with van der Waals surface area (Å²) in [6.45, 7) is 0. The molecule has 5 nitrogen and oxygen atoms in total. The minimum absolute atomic E-state index is 0.386. The second-order valence-electron chi connectivity index (χ2n) is 4.75. The standard InChI is InChI=1S/C16H10ClN5/c17-15-12-5-1-2-6-13(12)16(21-20-15)22-10-11(9-19-22)14-7-3-4-8-18-14/h1-10H. The van der Waals surface area contributed by atoms with Crippen LogP contribution < -0.4 is 0 Å². The highest BCUT2D eigenvalue weighted by Crippen LogP contribution is 2.25. The number of halogens is 1. The molecule has 0 spiro atoms. The Balaban J connectivity index is 1.87. The summed E-state index contributed by atoms with van der Waals surface area (Å²) >= 11 is 6.10. The van der Waals surface area contributed by atoms with E-state index in [-0.39, 0.29) is 0 Å². The van der Waals surface area contributed by atoms with Crippen molar-refractivity contribution in [3.63, 3.8) is 0 Å². The van der Waals surface area contributed by atoms with E-state index in [4.69, 9.17) is 11.6 Å². The molecule has 106 valence electrons. The van der Waals surface area contributed by atoms with Crippen molar-refractivity contribution in [3.05, 3.63) is 66.2 Å². The van der Waals surface area contributed by atoms with Crippen LogP contribution in [0, 0.1) is 0 Å². The van der Waals surface area contributed by atoms with Crippen LogP contribution in [0.4, 0.5) is 0 Å². The van der Waals surface area contributed by atoms with E-state index in [0.29, 0.717) is 11.0 Å². The average molecular weight is 308 g/mol. The van der Waals surface area contributed by atoms with Gasteiger partial charge in [-0.25, -0.2) is 4.68 Å². The van der Waals surface area contributed by atoms with E-state index in [9.17, 15) is 0 Å². The summed E-state index contributed by atoms with van der Waals surface area (Å²) in [6, 6.07) is 13.5. The minimum Gasteiger partial charge on any atom is -0.256 e. The van der Waals surface area contributed by atoms with Crippen LogP contribution in [0.1, 0.15) is 0 Å². The van der Waals surface area contributed by atoms with Gasteiger partial charge in [-0.1, -0.05) is 41.9 Å². The first kappa shape index (κ1) is 12.9. The number of hydrogen-bond acceptors (Lipinski definition) is 4. The summed E-state index contributed by atoms with van der Waals surface area (Å²) < 4.78 is 1.69. The van der Waals surface area contributed by atoms with Crippen molar-refractivity contribution in [1.29, 1.82) is 0 Å². The Bertz CT molecular complexity index is 949. The molecule has 0 unspecified atom stereocenters. The third kappa shape index (κ3) is 2.12. The Hall–Kier alpha value is -2.79. The fourth-order valence-corrected chi connectivity index (χ4v) is 2.53. The zero-order valence-electron chi connectivity index (χ0n) is 11.4. The van der Waals surface area contributed by atoms with Gasteiger partial charge in [-0.05, 0) is 12.1 Å². The van der Waals surface area contributed by atoms with Crippen molar-refractivity contribution >= 4 is 22.4 Å². The molecule has 0 atom stereocenters. The van der Waals surface area contributed by atoms with Gasteiger partial charge in [-0.15, -0.1) is 10.2 Å².